The molecule has 20 heavy (non-hydrogen) atoms. The molecule has 0 bridgehead atoms. The largest absolute Gasteiger partial charge is 0.379 e. The van der Waals surface area contributed by atoms with E-state index in [9.17, 15) is 0 Å². The van der Waals surface area contributed by atoms with Gasteiger partial charge in [0.2, 0.25) is 0 Å². The smallest absolute Gasteiger partial charge is 0.0659 e. The fraction of sp³-hybridized carbons (Fsp3) is 0.438. The molecule has 1 aliphatic heterocycles. The van der Waals surface area contributed by atoms with Gasteiger partial charge in [-0.25, -0.2) is 0 Å². The van der Waals surface area contributed by atoms with Gasteiger partial charge in [0.1, 0.15) is 0 Å². The van der Waals surface area contributed by atoms with Crippen LogP contribution in [0.5, 0.6) is 0 Å². The van der Waals surface area contributed by atoms with E-state index in [4.69, 9.17) is 4.74 Å². The molecule has 2 aromatic rings. The molecular formula is C16H21N3O. The fourth-order valence-corrected chi connectivity index (χ4v) is 2.48. The zero-order valence-corrected chi connectivity index (χ0v) is 11.9. The Kier molecular flexibility index (Phi) is 3.85. The SMILES string of the molecule is CC1(NCc2cnn(Cc3ccccc3)c2)CCOC1. The number of benzene rings is 1. The molecule has 1 atom stereocenters. The van der Waals surface area contributed by atoms with Crippen molar-refractivity contribution in [2.24, 2.45) is 0 Å². The van der Waals surface area contributed by atoms with Crippen LogP contribution in [0.3, 0.4) is 0 Å². The van der Waals surface area contributed by atoms with E-state index in [0.29, 0.717) is 0 Å². The van der Waals surface area contributed by atoms with E-state index in [1.807, 2.05) is 16.9 Å². The zero-order chi connectivity index (χ0) is 13.8. The molecule has 0 radical (unpaired) electrons. The maximum Gasteiger partial charge on any atom is 0.0659 e. The van der Waals surface area contributed by atoms with Crippen molar-refractivity contribution in [3.05, 3.63) is 53.9 Å². The van der Waals surface area contributed by atoms with Crippen LogP contribution in [-0.2, 0) is 17.8 Å². The van der Waals surface area contributed by atoms with E-state index >= 15 is 0 Å². The lowest BCUT2D eigenvalue weighted by atomic mass is 10.0. The molecule has 1 saturated heterocycles. The highest BCUT2D eigenvalue weighted by molar-refractivity contribution is 5.15. The van der Waals surface area contributed by atoms with Crippen molar-refractivity contribution in [1.82, 2.24) is 15.1 Å². The van der Waals surface area contributed by atoms with Crippen molar-refractivity contribution < 1.29 is 4.74 Å². The van der Waals surface area contributed by atoms with Gasteiger partial charge in [0.15, 0.2) is 0 Å². The monoisotopic (exact) mass is 271 g/mol. The zero-order valence-electron chi connectivity index (χ0n) is 11.9. The second kappa shape index (κ2) is 5.77. The molecule has 1 N–H and O–H groups in total. The molecule has 1 aromatic heterocycles. The normalized spacial score (nSPS) is 22.2. The number of hydrogen-bond donors (Lipinski definition) is 1. The Hall–Kier alpha value is -1.65. The highest BCUT2D eigenvalue weighted by atomic mass is 16.5. The molecule has 0 amide bonds. The van der Waals surface area contributed by atoms with Gasteiger partial charge in [-0.1, -0.05) is 30.3 Å². The number of hydrogen-bond acceptors (Lipinski definition) is 3. The minimum Gasteiger partial charge on any atom is -0.379 e. The lowest BCUT2D eigenvalue weighted by molar-refractivity contribution is 0.171. The predicted molar refractivity (Wildman–Crippen MR) is 78.5 cm³/mol. The standard InChI is InChI=1S/C16H21N3O/c1-16(7-8-20-13-16)17-9-15-10-18-19(12-15)11-14-5-3-2-4-6-14/h2-6,10,12,17H,7-9,11,13H2,1H3. The summed E-state index contributed by atoms with van der Waals surface area (Å²) < 4.78 is 7.44. The van der Waals surface area contributed by atoms with E-state index in [1.165, 1.54) is 11.1 Å². The average Bonchev–Trinajstić information content (AvgIpc) is 3.08. The van der Waals surface area contributed by atoms with Crippen LogP contribution in [0.25, 0.3) is 0 Å². The Labute approximate surface area is 119 Å². The minimum absolute atomic E-state index is 0.113. The van der Waals surface area contributed by atoms with E-state index in [0.717, 1.165) is 32.7 Å². The van der Waals surface area contributed by atoms with Gasteiger partial charge in [-0.15, -0.1) is 0 Å². The second-order valence-electron chi connectivity index (χ2n) is 5.75. The molecule has 1 fully saturated rings. The first kappa shape index (κ1) is 13.3. The molecule has 1 unspecified atom stereocenters. The van der Waals surface area contributed by atoms with Crippen LogP contribution in [0.4, 0.5) is 0 Å². The number of aromatic nitrogens is 2. The minimum atomic E-state index is 0.113. The molecule has 0 aliphatic carbocycles. The van der Waals surface area contributed by atoms with Gasteiger partial charge in [0.25, 0.3) is 0 Å². The van der Waals surface area contributed by atoms with Crippen molar-refractivity contribution >= 4 is 0 Å². The first-order chi connectivity index (χ1) is 9.73. The van der Waals surface area contributed by atoms with Crippen LogP contribution in [0.15, 0.2) is 42.7 Å². The van der Waals surface area contributed by atoms with E-state index < -0.39 is 0 Å². The summed E-state index contributed by atoms with van der Waals surface area (Å²) in [6, 6.07) is 10.4. The van der Waals surface area contributed by atoms with Crippen LogP contribution in [-0.4, -0.2) is 28.5 Å². The van der Waals surface area contributed by atoms with Crippen LogP contribution in [0.1, 0.15) is 24.5 Å². The van der Waals surface area contributed by atoms with Crippen molar-refractivity contribution in [1.29, 1.82) is 0 Å². The quantitative estimate of drug-likeness (QED) is 0.906. The van der Waals surface area contributed by atoms with Gasteiger partial charge < -0.3 is 10.1 Å². The molecule has 0 spiro atoms. The Morgan fingerprint density at radius 3 is 2.90 bits per heavy atom. The fourth-order valence-electron chi connectivity index (χ4n) is 2.48. The summed E-state index contributed by atoms with van der Waals surface area (Å²) in [5, 5.41) is 8.00. The van der Waals surface area contributed by atoms with E-state index in [-0.39, 0.29) is 5.54 Å². The number of rotatable bonds is 5. The van der Waals surface area contributed by atoms with Gasteiger partial charge in [0.05, 0.1) is 19.3 Å². The molecule has 1 aliphatic rings. The number of ether oxygens (including phenoxy) is 1. The molecule has 3 rings (SSSR count). The van der Waals surface area contributed by atoms with Gasteiger partial charge in [-0.05, 0) is 18.9 Å². The second-order valence-corrected chi connectivity index (χ2v) is 5.75. The summed E-state index contributed by atoms with van der Waals surface area (Å²) in [5.41, 5.74) is 2.60. The van der Waals surface area contributed by atoms with Crippen LogP contribution in [0, 0.1) is 0 Å². The summed E-state index contributed by atoms with van der Waals surface area (Å²) in [7, 11) is 0. The Morgan fingerprint density at radius 1 is 1.30 bits per heavy atom. The molecule has 4 nitrogen and oxygen atoms in total. The van der Waals surface area contributed by atoms with Gasteiger partial charge in [0, 0.05) is 30.5 Å². The van der Waals surface area contributed by atoms with Crippen molar-refractivity contribution in [3.63, 3.8) is 0 Å². The number of nitrogens with zero attached hydrogens (tertiary/aromatic N) is 2. The Morgan fingerprint density at radius 2 is 2.15 bits per heavy atom. The van der Waals surface area contributed by atoms with Crippen molar-refractivity contribution in [3.8, 4) is 0 Å². The Balaban J connectivity index is 1.57. The molecule has 0 saturated carbocycles. The highest BCUT2D eigenvalue weighted by Crippen LogP contribution is 2.18. The molecule has 4 heteroatoms. The van der Waals surface area contributed by atoms with E-state index in [1.54, 1.807) is 0 Å². The van der Waals surface area contributed by atoms with Crippen LogP contribution >= 0.6 is 0 Å². The van der Waals surface area contributed by atoms with Gasteiger partial charge in [-0.3, -0.25) is 4.68 Å². The first-order valence-electron chi connectivity index (χ1n) is 7.12. The van der Waals surface area contributed by atoms with E-state index in [2.05, 4.69) is 47.8 Å². The Bertz CT molecular complexity index is 544. The molecule has 2 heterocycles. The third-order valence-corrected chi connectivity index (χ3v) is 3.81. The molecule has 106 valence electrons. The van der Waals surface area contributed by atoms with Crippen molar-refractivity contribution in [2.45, 2.75) is 32.0 Å². The summed E-state index contributed by atoms with van der Waals surface area (Å²) in [6.45, 7) is 5.53. The van der Waals surface area contributed by atoms with Crippen molar-refractivity contribution in [2.75, 3.05) is 13.2 Å². The lowest BCUT2D eigenvalue weighted by Crippen LogP contribution is -2.42. The van der Waals surface area contributed by atoms with Gasteiger partial charge >= 0.3 is 0 Å². The van der Waals surface area contributed by atoms with Crippen LogP contribution in [0.2, 0.25) is 0 Å². The summed E-state index contributed by atoms with van der Waals surface area (Å²) in [6.07, 6.45) is 5.12. The van der Waals surface area contributed by atoms with Gasteiger partial charge in [-0.2, -0.15) is 5.10 Å². The summed E-state index contributed by atoms with van der Waals surface area (Å²) >= 11 is 0. The summed E-state index contributed by atoms with van der Waals surface area (Å²) in [5.74, 6) is 0. The van der Waals surface area contributed by atoms with Crippen LogP contribution < -0.4 is 5.32 Å². The predicted octanol–water partition coefficient (Wildman–Crippen LogP) is 2.20. The third-order valence-electron chi connectivity index (χ3n) is 3.81. The molecule has 1 aromatic carbocycles. The maximum atomic E-state index is 5.45. The average molecular weight is 271 g/mol. The molecular weight excluding hydrogens is 250 g/mol. The third kappa shape index (κ3) is 3.26. The maximum absolute atomic E-state index is 5.45. The first-order valence-corrected chi connectivity index (χ1v) is 7.12. The lowest BCUT2D eigenvalue weighted by Gasteiger charge is -2.23. The number of nitrogens with one attached hydrogen (secondary N) is 1. The summed E-state index contributed by atoms with van der Waals surface area (Å²) in [4.78, 5) is 0. The topological polar surface area (TPSA) is 39.1 Å². The highest BCUT2D eigenvalue weighted by Gasteiger charge is 2.28.